The van der Waals surface area contributed by atoms with Gasteiger partial charge in [0.2, 0.25) is 0 Å². The van der Waals surface area contributed by atoms with Gasteiger partial charge in [0.05, 0.1) is 13.2 Å². The number of aliphatic hydroxyl groups is 4. The lowest BCUT2D eigenvalue weighted by molar-refractivity contribution is -0.153. The molecular formula is C13H17IO6. The second-order valence-corrected chi connectivity index (χ2v) is 5.51. The van der Waals surface area contributed by atoms with Crippen LogP contribution in [0.2, 0.25) is 0 Å². The standard InChI is InChI=1S/C13H17IO6/c14-9-3-1-8(2-4-9)7-20-13(11(18)6-16)12(19)10(17)5-15/h1-4,6,10-13,15,17-19H,5,7H2/t10-,11+,12-,13-/m1/s1. The van der Waals surface area contributed by atoms with Crippen LogP contribution >= 0.6 is 22.6 Å². The van der Waals surface area contributed by atoms with Crippen molar-refractivity contribution < 1.29 is 30.0 Å². The minimum absolute atomic E-state index is 0.0572. The van der Waals surface area contributed by atoms with Crippen molar-refractivity contribution in [1.29, 1.82) is 0 Å². The first-order valence-corrected chi connectivity index (χ1v) is 7.04. The van der Waals surface area contributed by atoms with Gasteiger partial charge >= 0.3 is 0 Å². The van der Waals surface area contributed by atoms with E-state index in [1.54, 1.807) is 12.1 Å². The molecule has 0 saturated carbocycles. The van der Waals surface area contributed by atoms with Gasteiger partial charge in [0.15, 0.2) is 6.29 Å². The van der Waals surface area contributed by atoms with Crippen LogP contribution in [-0.2, 0) is 16.1 Å². The number of benzene rings is 1. The zero-order valence-corrected chi connectivity index (χ0v) is 12.8. The minimum Gasteiger partial charge on any atom is -0.394 e. The largest absolute Gasteiger partial charge is 0.394 e. The summed E-state index contributed by atoms with van der Waals surface area (Å²) in [6.07, 6.45) is -5.74. The molecule has 0 bridgehead atoms. The molecular weight excluding hydrogens is 379 g/mol. The Hall–Kier alpha value is -0.580. The van der Waals surface area contributed by atoms with Crippen molar-refractivity contribution in [2.45, 2.75) is 31.0 Å². The van der Waals surface area contributed by atoms with Gasteiger partial charge in [-0.3, -0.25) is 0 Å². The Bertz CT molecular complexity index is 410. The van der Waals surface area contributed by atoms with Gasteiger partial charge in [-0.2, -0.15) is 0 Å². The monoisotopic (exact) mass is 396 g/mol. The average Bonchev–Trinajstić information content (AvgIpc) is 2.47. The topological polar surface area (TPSA) is 107 Å². The van der Waals surface area contributed by atoms with Crippen LogP contribution in [0.1, 0.15) is 5.56 Å². The van der Waals surface area contributed by atoms with Crippen LogP contribution in [0.4, 0.5) is 0 Å². The molecule has 0 fully saturated rings. The molecule has 7 heteroatoms. The maximum atomic E-state index is 10.6. The van der Waals surface area contributed by atoms with E-state index in [1.165, 1.54) is 0 Å². The first-order chi connectivity index (χ1) is 9.49. The van der Waals surface area contributed by atoms with Crippen LogP contribution in [0.15, 0.2) is 24.3 Å². The van der Waals surface area contributed by atoms with Crippen LogP contribution in [0.25, 0.3) is 0 Å². The number of carbonyl (C=O) groups excluding carboxylic acids is 1. The van der Waals surface area contributed by atoms with E-state index in [-0.39, 0.29) is 12.9 Å². The molecule has 0 radical (unpaired) electrons. The number of hydrogen-bond acceptors (Lipinski definition) is 6. The first kappa shape index (κ1) is 17.5. The minimum atomic E-state index is -1.59. The van der Waals surface area contributed by atoms with E-state index < -0.39 is 31.0 Å². The Labute approximate surface area is 130 Å². The average molecular weight is 396 g/mol. The molecule has 4 atom stereocenters. The van der Waals surface area contributed by atoms with E-state index in [2.05, 4.69) is 22.6 Å². The SMILES string of the molecule is O=C[C@H](O)[C@@H](OCc1ccc(I)cc1)[C@H](O)[C@H](O)CO. The predicted octanol–water partition coefficient (Wildman–Crippen LogP) is -0.550. The molecule has 0 unspecified atom stereocenters. The number of ether oxygens (including phenoxy) is 1. The summed E-state index contributed by atoms with van der Waals surface area (Å²) in [6, 6.07) is 7.34. The van der Waals surface area contributed by atoms with Crippen molar-refractivity contribution in [1.82, 2.24) is 0 Å². The number of hydrogen-bond donors (Lipinski definition) is 4. The Morgan fingerprint density at radius 1 is 1.20 bits per heavy atom. The van der Waals surface area contributed by atoms with E-state index in [4.69, 9.17) is 9.84 Å². The Morgan fingerprint density at radius 2 is 1.80 bits per heavy atom. The van der Waals surface area contributed by atoms with E-state index in [1.807, 2.05) is 12.1 Å². The summed E-state index contributed by atoms with van der Waals surface area (Å²) in [5, 5.41) is 37.4. The number of aldehydes is 1. The molecule has 1 aromatic rings. The summed E-state index contributed by atoms with van der Waals surface area (Å²) in [5.41, 5.74) is 0.791. The smallest absolute Gasteiger partial charge is 0.151 e. The molecule has 0 aliphatic carbocycles. The fraction of sp³-hybridized carbons (Fsp3) is 0.462. The van der Waals surface area contributed by atoms with Crippen molar-refractivity contribution in [2.75, 3.05) is 6.61 Å². The molecule has 1 rings (SSSR count). The molecule has 0 aliphatic heterocycles. The van der Waals surface area contributed by atoms with Gasteiger partial charge in [0, 0.05) is 3.57 Å². The Balaban J connectivity index is 2.69. The molecule has 0 heterocycles. The van der Waals surface area contributed by atoms with Gasteiger partial charge < -0.3 is 30.0 Å². The summed E-state index contributed by atoms with van der Waals surface area (Å²) in [4.78, 5) is 10.6. The van der Waals surface area contributed by atoms with Gasteiger partial charge in [-0.1, -0.05) is 12.1 Å². The molecule has 20 heavy (non-hydrogen) atoms. The normalized spacial score (nSPS) is 17.2. The Kier molecular flexibility index (Phi) is 7.56. The van der Waals surface area contributed by atoms with Gasteiger partial charge in [0.1, 0.15) is 24.4 Å². The van der Waals surface area contributed by atoms with Crippen LogP contribution in [0, 0.1) is 3.57 Å². The summed E-state index contributed by atoms with van der Waals surface area (Å²) < 4.78 is 6.35. The third-order valence-corrected chi connectivity index (χ3v) is 3.47. The van der Waals surface area contributed by atoms with Crippen molar-refractivity contribution in [3.63, 3.8) is 0 Å². The molecule has 6 nitrogen and oxygen atoms in total. The lowest BCUT2D eigenvalue weighted by Gasteiger charge is -2.27. The fourth-order valence-electron chi connectivity index (χ4n) is 1.58. The van der Waals surface area contributed by atoms with Crippen LogP contribution in [-0.4, -0.2) is 57.7 Å². The second-order valence-electron chi connectivity index (χ2n) is 4.27. The van der Waals surface area contributed by atoms with Gasteiger partial charge in [-0.05, 0) is 40.3 Å². The van der Waals surface area contributed by atoms with Crippen LogP contribution < -0.4 is 0 Å². The van der Waals surface area contributed by atoms with Crippen LogP contribution in [0.3, 0.4) is 0 Å². The number of rotatable bonds is 8. The number of aliphatic hydroxyl groups excluding tert-OH is 4. The van der Waals surface area contributed by atoms with E-state index >= 15 is 0 Å². The van der Waals surface area contributed by atoms with Gasteiger partial charge in [-0.15, -0.1) is 0 Å². The third-order valence-electron chi connectivity index (χ3n) is 2.75. The highest BCUT2D eigenvalue weighted by atomic mass is 127. The lowest BCUT2D eigenvalue weighted by atomic mass is 10.0. The first-order valence-electron chi connectivity index (χ1n) is 5.96. The molecule has 1 aromatic carbocycles. The molecule has 4 N–H and O–H groups in total. The quantitative estimate of drug-likeness (QED) is 0.347. The second kappa shape index (κ2) is 8.65. The molecule has 0 spiro atoms. The van der Waals surface area contributed by atoms with Gasteiger partial charge in [0.25, 0.3) is 0 Å². The van der Waals surface area contributed by atoms with E-state index in [9.17, 15) is 20.1 Å². The summed E-state index contributed by atoms with van der Waals surface area (Å²) in [7, 11) is 0. The molecule has 112 valence electrons. The van der Waals surface area contributed by atoms with Gasteiger partial charge in [-0.25, -0.2) is 0 Å². The fourth-order valence-corrected chi connectivity index (χ4v) is 1.94. The summed E-state index contributed by atoms with van der Waals surface area (Å²) in [6.45, 7) is -0.641. The summed E-state index contributed by atoms with van der Waals surface area (Å²) in [5.74, 6) is 0. The number of carbonyl (C=O) groups is 1. The van der Waals surface area contributed by atoms with E-state index in [0.717, 1.165) is 9.13 Å². The third kappa shape index (κ3) is 5.08. The highest BCUT2D eigenvalue weighted by Crippen LogP contribution is 2.13. The number of halogens is 1. The zero-order chi connectivity index (χ0) is 15.1. The molecule has 0 amide bonds. The van der Waals surface area contributed by atoms with E-state index in [0.29, 0.717) is 0 Å². The maximum Gasteiger partial charge on any atom is 0.151 e. The van der Waals surface area contributed by atoms with Crippen LogP contribution in [0.5, 0.6) is 0 Å². The maximum absolute atomic E-state index is 10.6. The van der Waals surface area contributed by atoms with Crippen molar-refractivity contribution in [3.8, 4) is 0 Å². The molecule has 0 aromatic heterocycles. The highest BCUT2D eigenvalue weighted by Gasteiger charge is 2.32. The lowest BCUT2D eigenvalue weighted by Crippen LogP contribution is -2.47. The zero-order valence-electron chi connectivity index (χ0n) is 10.6. The highest BCUT2D eigenvalue weighted by molar-refractivity contribution is 14.1. The molecule has 0 saturated heterocycles. The van der Waals surface area contributed by atoms with Crippen molar-refractivity contribution in [3.05, 3.63) is 33.4 Å². The Morgan fingerprint density at radius 3 is 2.30 bits per heavy atom. The summed E-state index contributed by atoms with van der Waals surface area (Å²) >= 11 is 2.15. The molecule has 0 aliphatic rings. The van der Waals surface area contributed by atoms with Crippen molar-refractivity contribution in [2.24, 2.45) is 0 Å². The van der Waals surface area contributed by atoms with Crippen molar-refractivity contribution >= 4 is 28.9 Å². The predicted molar refractivity (Wildman–Crippen MR) is 78.9 cm³/mol.